The number of rotatable bonds is 9. The number of thioether (sulfide) groups is 1. The second kappa shape index (κ2) is 13.4. The third-order valence-corrected chi connectivity index (χ3v) is 7.87. The highest BCUT2D eigenvalue weighted by atomic mass is 35.5. The van der Waals surface area contributed by atoms with Crippen molar-refractivity contribution in [2.24, 2.45) is 0 Å². The third-order valence-electron chi connectivity index (χ3n) is 5.59. The summed E-state index contributed by atoms with van der Waals surface area (Å²) in [5.41, 5.74) is 0.0854. The second-order valence-corrected chi connectivity index (χ2v) is 11.0. The average molecular weight is 635 g/mol. The van der Waals surface area contributed by atoms with Crippen LogP contribution >= 0.6 is 34.7 Å². The van der Waals surface area contributed by atoms with E-state index in [-0.39, 0.29) is 38.7 Å². The molecule has 42 heavy (non-hydrogen) atoms. The molecule has 8 nitrogen and oxygen atoms in total. The quantitative estimate of drug-likeness (QED) is 0.113. The van der Waals surface area contributed by atoms with E-state index in [1.165, 1.54) is 24.3 Å². The van der Waals surface area contributed by atoms with Crippen LogP contribution < -0.4 is 10.6 Å². The van der Waals surface area contributed by atoms with Crippen molar-refractivity contribution in [1.29, 1.82) is 0 Å². The molecule has 2 aromatic carbocycles. The Labute approximate surface area is 251 Å². The summed E-state index contributed by atoms with van der Waals surface area (Å²) < 4.78 is 45.8. The molecule has 2 N–H and O–H groups in total. The fourth-order valence-electron chi connectivity index (χ4n) is 3.68. The predicted molar refractivity (Wildman–Crippen MR) is 156 cm³/mol. The molecule has 2 aromatic heterocycles. The maximum absolute atomic E-state index is 13.6. The van der Waals surface area contributed by atoms with Crippen LogP contribution in [-0.4, -0.2) is 40.1 Å². The smallest absolute Gasteiger partial charge is 0.433 e. The fraction of sp³-hybridized carbons (Fsp3) is 0.179. The van der Waals surface area contributed by atoms with E-state index in [4.69, 9.17) is 16.3 Å². The topological polar surface area (TPSA) is 110 Å². The van der Waals surface area contributed by atoms with Crippen molar-refractivity contribution in [2.75, 3.05) is 23.0 Å². The van der Waals surface area contributed by atoms with E-state index in [1.54, 1.807) is 44.2 Å². The zero-order chi connectivity index (χ0) is 30.4. The van der Waals surface area contributed by atoms with Gasteiger partial charge in [0, 0.05) is 16.3 Å². The number of alkyl halides is 3. The lowest BCUT2D eigenvalue weighted by Gasteiger charge is -2.11. The number of anilines is 2. The van der Waals surface area contributed by atoms with Crippen LogP contribution in [0.2, 0.25) is 5.02 Å². The van der Waals surface area contributed by atoms with Crippen molar-refractivity contribution in [3.05, 3.63) is 87.4 Å². The average Bonchev–Trinajstić information content (AvgIpc) is 3.27. The lowest BCUT2D eigenvalue weighted by molar-refractivity contribution is -0.141. The van der Waals surface area contributed by atoms with Crippen LogP contribution in [-0.2, 0) is 15.7 Å². The lowest BCUT2D eigenvalue weighted by Crippen LogP contribution is -2.19. The predicted octanol–water partition coefficient (Wildman–Crippen LogP) is 7.35. The van der Waals surface area contributed by atoms with Crippen molar-refractivity contribution in [1.82, 2.24) is 9.97 Å². The van der Waals surface area contributed by atoms with E-state index >= 15 is 0 Å². The van der Waals surface area contributed by atoms with Crippen LogP contribution in [0.4, 0.5) is 23.9 Å². The van der Waals surface area contributed by atoms with Crippen molar-refractivity contribution in [2.45, 2.75) is 25.2 Å². The van der Waals surface area contributed by atoms with Crippen LogP contribution in [0.25, 0.3) is 11.3 Å². The van der Waals surface area contributed by atoms with Gasteiger partial charge in [0.15, 0.2) is 5.16 Å². The molecule has 2 heterocycles. The number of nitrogens with one attached hydrogen (secondary N) is 2. The van der Waals surface area contributed by atoms with Gasteiger partial charge in [-0.25, -0.2) is 14.8 Å². The van der Waals surface area contributed by atoms with Crippen LogP contribution in [0.15, 0.2) is 65.8 Å². The van der Waals surface area contributed by atoms with Crippen molar-refractivity contribution < 1.29 is 32.3 Å². The Kier molecular flexibility index (Phi) is 9.86. The highest BCUT2D eigenvalue weighted by molar-refractivity contribution is 7.99. The molecule has 4 aromatic rings. The number of esters is 1. The Morgan fingerprint density at radius 1 is 1.02 bits per heavy atom. The number of para-hydroxylation sites is 1. The maximum atomic E-state index is 13.6. The lowest BCUT2D eigenvalue weighted by atomic mass is 10.1. The molecule has 0 spiro atoms. The summed E-state index contributed by atoms with van der Waals surface area (Å²) in [6.07, 6.45) is -4.75. The number of aromatic nitrogens is 2. The summed E-state index contributed by atoms with van der Waals surface area (Å²) in [5.74, 6) is -2.26. The van der Waals surface area contributed by atoms with E-state index in [9.17, 15) is 27.6 Å². The molecule has 0 bridgehead atoms. The number of amides is 2. The minimum atomic E-state index is -4.75. The van der Waals surface area contributed by atoms with Gasteiger partial charge in [0.25, 0.3) is 5.91 Å². The normalized spacial score (nSPS) is 11.2. The van der Waals surface area contributed by atoms with Gasteiger partial charge in [-0.2, -0.15) is 13.2 Å². The molecule has 218 valence electrons. The molecule has 0 fully saturated rings. The van der Waals surface area contributed by atoms with Crippen molar-refractivity contribution in [3.63, 3.8) is 0 Å². The monoisotopic (exact) mass is 634 g/mol. The van der Waals surface area contributed by atoms with Gasteiger partial charge in [-0.1, -0.05) is 53.7 Å². The Balaban J connectivity index is 1.58. The molecule has 0 aliphatic carbocycles. The number of benzene rings is 2. The van der Waals surface area contributed by atoms with E-state index in [0.717, 1.165) is 17.4 Å². The van der Waals surface area contributed by atoms with Crippen molar-refractivity contribution >= 4 is 63.2 Å². The first kappa shape index (κ1) is 31.0. The first-order valence-corrected chi connectivity index (χ1v) is 14.5. The first-order valence-electron chi connectivity index (χ1n) is 12.3. The number of ether oxygens (including phenoxy) is 1. The molecular weight excluding hydrogens is 613 g/mol. The number of halogens is 4. The van der Waals surface area contributed by atoms with Gasteiger partial charge in [-0.05, 0) is 49.7 Å². The molecule has 4 rings (SSSR count). The van der Waals surface area contributed by atoms with Gasteiger partial charge in [0.2, 0.25) is 5.91 Å². The second-order valence-electron chi connectivity index (χ2n) is 8.56. The van der Waals surface area contributed by atoms with Gasteiger partial charge in [-0.15, -0.1) is 11.3 Å². The van der Waals surface area contributed by atoms with E-state index < -0.39 is 29.7 Å². The van der Waals surface area contributed by atoms with E-state index in [0.29, 0.717) is 33.6 Å². The minimum absolute atomic E-state index is 0.00438. The third kappa shape index (κ3) is 7.66. The molecule has 0 radical (unpaired) electrons. The maximum Gasteiger partial charge on any atom is 0.433 e. The standard InChI is InChI=1S/C28H22ClF3N4O4S2/c1-3-40-26(39)23-15(2)22(24(38)33-18-7-5-4-6-8-18)25(42-23)36-21(37)14-41-27-34-19(13-20(35-27)28(30,31)32)16-9-11-17(29)12-10-16/h4-13H,3,14H2,1-2H3,(H,33,38)(H,36,37). The highest BCUT2D eigenvalue weighted by Gasteiger charge is 2.34. The summed E-state index contributed by atoms with van der Waals surface area (Å²) in [7, 11) is 0. The fourth-order valence-corrected chi connectivity index (χ4v) is 5.58. The molecule has 0 unspecified atom stereocenters. The molecule has 0 atom stereocenters. The van der Waals surface area contributed by atoms with Crippen LogP contribution in [0, 0.1) is 6.92 Å². The Hall–Kier alpha value is -3.94. The zero-order valence-corrected chi connectivity index (χ0v) is 24.4. The number of hydrogen-bond acceptors (Lipinski definition) is 8. The summed E-state index contributed by atoms with van der Waals surface area (Å²) in [5, 5.41) is 5.54. The molecule has 14 heteroatoms. The molecule has 2 amide bonds. The zero-order valence-electron chi connectivity index (χ0n) is 22.0. The number of thiophene rings is 1. The highest BCUT2D eigenvalue weighted by Crippen LogP contribution is 2.35. The summed E-state index contributed by atoms with van der Waals surface area (Å²) >= 11 is 7.44. The van der Waals surface area contributed by atoms with Crippen LogP contribution in [0.5, 0.6) is 0 Å². The van der Waals surface area contributed by atoms with Gasteiger partial charge >= 0.3 is 12.1 Å². The summed E-state index contributed by atoms with van der Waals surface area (Å²) in [6, 6.07) is 15.5. The molecule has 0 aliphatic heterocycles. The van der Waals surface area contributed by atoms with E-state index in [2.05, 4.69) is 20.6 Å². The molecular formula is C28H22ClF3N4O4S2. The molecule has 0 saturated carbocycles. The number of carbonyl (C=O) groups is 3. The first-order chi connectivity index (χ1) is 20.0. The molecule has 0 saturated heterocycles. The van der Waals surface area contributed by atoms with Crippen LogP contribution in [0.3, 0.4) is 0 Å². The summed E-state index contributed by atoms with van der Waals surface area (Å²) in [4.78, 5) is 46.5. The Morgan fingerprint density at radius 3 is 2.36 bits per heavy atom. The van der Waals surface area contributed by atoms with Crippen LogP contribution in [0.1, 0.15) is 38.2 Å². The van der Waals surface area contributed by atoms with E-state index in [1.807, 2.05) is 0 Å². The minimum Gasteiger partial charge on any atom is -0.462 e. The van der Waals surface area contributed by atoms with Gasteiger partial charge in [0.1, 0.15) is 15.6 Å². The van der Waals surface area contributed by atoms with Gasteiger partial charge in [-0.3, -0.25) is 9.59 Å². The number of hydrogen-bond donors (Lipinski definition) is 2. The number of carbonyl (C=O) groups excluding carboxylic acids is 3. The SMILES string of the molecule is CCOC(=O)c1sc(NC(=O)CSc2nc(-c3ccc(Cl)cc3)cc(C(F)(F)F)n2)c(C(=O)Nc2ccccc2)c1C. The Bertz CT molecular complexity index is 1610. The van der Waals surface area contributed by atoms with Gasteiger partial charge < -0.3 is 15.4 Å². The Morgan fingerprint density at radius 2 is 1.71 bits per heavy atom. The van der Waals surface area contributed by atoms with Crippen molar-refractivity contribution in [3.8, 4) is 11.3 Å². The molecule has 0 aliphatic rings. The largest absolute Gasteiger partial charge is 0.462 e. The summed E-state index contributed by atoms with van der Waals surface area (Å²) in [6.45, 7) is 3.30. The van der Waals surface area contributed by atoms with Gasteiger partial charge in [0.05, 0.1) is 23.6 Å². The number of nitrogens with zero attached hydrogens (tertiary/aromatic N) is 2.